The van der Waals surface area contributed by atoms with Crippen LogP contribution in [0.5, 0.6) is 17.2 Å². The van der Waals surface area contributed by atoms with Crippen LogP contribution < -0.4 is 25.7 Å². The van der Waals surface area contributed by atoms with Gasteiger partial charge in [0.25, 0.3) is 0 Å². The maximum absolute atomic E-state index is 5.99. The monoisotopic (exact) mass is 326 g/mol. The van der Waals surface area contributed by atoms with Gasteiger partial charge in [0.05, 0.1) is 21.3 Å². The highest BCUT2D eigenvalue weighted by Gasteiger charge is 2.17. The van der Waals surface area contributed by atoms with Gasteiger partial charge in [0.2, 0.25) is 5.75 Å². The van der Waals surface area contributed by atoms with E-state index in [9.17, 15) is 0 Å². The summed E-state index contributed by atoms with van der Waals surface area (Å²) in [5, 5.41) is 0. The van der Waals surface area contributed by atoms with Crippen molar-refractivity contribution in [1.82, 2.24) is 0 Å². The van der Waals surface area contributed by atoms with Gasteiger partial charge < -0.3 is 25.7 Å². The SMILES string of the molecule is COc1ccc(CC(N)CCN)c(OC)c1OC.Cl.Cl. The molecular formula is C13H24Cl2N2O3. The fourth-order valence-electron chi connectivity index (χ4n) is 1.92. The van der Waals surface area contributed by atoms with Crippen molar-refractivity contribution in [3.05, 3.63) is 17.7 Å². The van der Waals surface area contributed by atoms with Crippen molar-refractivity contribution < 1.29 is 14.2 Å². The third kappa shape index (κ3) is 5.25. The molecule has 5 nitrogen and oxygen atoms in total. The summed E-state index contributed by atoms with van der Waals surface area (Å²) in [4.78, 5) is 0. The van der Waals surface area contributed by atoms with Crippen LogP contribution in [0.2, 0.25) is 0 Å². The van der Waals surface area contributed by atoms with E-state index >= 15 is 0 Å². The second-order valence-corrected chi connectivity index (χ2v) is 4.03. The van der Waals surface area contributed by atoms with E-state index in [1.54, 1.807) is 21.3 Å². The van der Waals surface area contributed by atoms with E-state index in [0.29, 0.717) is 30.2 Å². The van der Waals surface area contributed by atoms with Gasteiger partial charge in [-0.1, -0.05) is 6.07 Å². The summed E-state index contributed by atoms with van der Waals surface area (Å²) in [7, 11) is 4.79. The first kappa shape index (κ1) is 21.4. The van der Waals surface area contributed by atoms with Crippen LogP contribution in [0.4, 0.5) is 0 Å². The smallest absolute Gasteiger partial charge is 0.203 e. The highest BCUT2D eigenvalue weighted by atomic mass is 35.5. The molecule has 1 aromatic rings. The number of hydrogen-bond donors (Lipinski definition) is 2. The first-order valence-electron chi connectivity index (χ1n) is 5.91. The minimum atomic E-state index is 0. The van der Waals surface area contributed by atoms with E-state index in [2.05, 4.69) is 0 Å². The molecule has 0 fully saturated rings. The highest BCUT2D eigenvalue weighted by Crippen LogP contribution is 2.40. The third-order valence-corrected chi connectivity index (χ3v) is 2.81. The predicted octanol–water partition coefficient (Wildman–Crippen LogP) is 1.77. The molecule has 1 rings (SSSR count). The molecule has 1 unspecified atom stereocenters. The summed E-state index contributed by atoms with van der Waals surface area (Å²) in [6.45, 7) is 0.580. The van der Waals surface area contributed by atoms with Crippen molar-refractivity contribution in [1.29, 1.82) is 0 Å². The van der Waals surface area contributed by atoms with E-state index in [1.165, 1.54) is 0 Å². The molecule has 4 N–H and O–H groups in total. The zero-order valence-corrected chi connectivity index (χ0v) is 13.7. The second-order valence-electron chi connectivity index (χ2n) is 4.03. The van der Waals surface area contributed by atoms with Crippen molar-refractivity contribution in [2.75, 3.05) is 27.9 Å². The van der Waals surface area contributed by atoms with E-state index in [-0.39, 0.29) is 30.9 Å². The molecule has 0 amide bonds. The third-order valence-electron chi connectivity index (χ3n) is 2.81. The van der Waals surface area contributed by atoms with Crippen LogP contribution in [0, 0.1) is 0 Å². The first-order valence-corrected chi connectivity index (χ1v) is 5.91. The maximum atomic E-state index is 5.99. The minimum absolute atomic E-state index is 0. The molecule has 0 bridgehead atoms. The standard InChI is InChI=1S/C13H22N2O3.2ClH/c1-16-11-5-4-9(8-10(15)6-7-14)12(17-2)13(11)18-3;;/h4-5,10H,6-8,14-15H2,1-3H3;2*1H. The molecule has 0 aromatic heterocycles. The molecule has 0 aliphatic heterocycles. The molecule has 118 valence electrons. The lowest BCUT2D eigenvalue weighted by atomic mass is 10.0. The van der Waals surface area contributed by atoms with Crippen LogP contribution >= 0.6 is 24.8 Å². The summed E-state index contributed by atoms with van der Waals surface area (Å²) >= 11 is 0. The van der Waals surface area contributed by atoms with Crippen molar-refractivity contribution in [3.8, 4) is 17.2 Å². The highest BCUT2D eigenvalue weighted by molar-refractivity contribution is 5.85. The van der Waals surface area contributed by atoms with E-state index < -0.39 is 0 Å². The van der Waals surface area contributed by atoms with E-state index in [1.807, 2.05) is 12.1 Å². The van der Waals surface area contributed by atoms with Gasteiger partial charge in [0.15, 0.2) is 11.5 Å². The zero-order valence-electron chi connectivity index (χ0n) is 12.0. The number of hydrogen-bond acceptors (Lipinski definition) is 5. The predicted molar refractivity (Wildman–Crippen MR) is 85.9 cm³/mol. The van der Waals surface area contributed by atoms with Crippen molar-refractivity contribution >= 4 is 24.8 Å². The molecule has 0 spiro atoms. The topological polar surface area (TPSA) is 79.7 Å². The molecule has 0 saturated carbocycles. The Morgan fingerprint density at radius 2 is 1.60 bits per heavy atom. The summed E-state index contributed by atoms with van der Waals surface area (Å²) in [6.07, 6.45) is 1.47. The molecular weight excluding hydrogens is 303 g/mol. The van der Waals surface area contributed by atoms with Gasteiger partial charge in [-0.2, -0.15) is 0 Å². The van der Waals surface area contributed by atoms with Crippen LogP contribution in [0.15, 0.2) is 12.1 Å². The van der Waals surface area contributed by atoms with Crippen LogP contribution in [-0.4, -0.2) is 33.9 Å². The van der Waals surface area contributed by atoms with Gasteiger partial charge in [0.1, 0.15) is 0 Å². The number of rotatable bonds is 7. The Balaban J connectivity index is 0. The number of methoxy groups -OCH3 is 3. The van der Waals surface area contributed by atoms with Gasteiger partial charge in [-0.05, 0) is 31.0 Å². The fourth-order valence-corrected chi connectivity index (χ4v) is 1.92. The molecule has 0 aliphatic carbocycles. The Morgan fingerprint density at radius 3 is 2.05 bits per heavy atom. The van der Waals surface area contributed by atoms with Crippen LogP contribution in [0.1, 0.15) is 12.0 Å². The normalized spacial score (nSPS) is 10.8. The molecule has 1 atom stereocenters. The number of benzene rings is 1. The summed E-state index contributed by atoms with van der Waals surface area (Å²) in [5.74, 6) is 1.91. The Kier molecular flexibility index (Phi) is 11.6. The number of halogens is 2. The lowest BCUT2D eigenvalue weighted by Gasteiger charge is -2.17. The Morgan fingerprint density at radius 1 is 1.00 bits per heavy atom. The van der Waals surface area contributed by atoms with Crippen molar-refractivity contribution in [3.63, 3.8) is 0 Å². The molecule has 0 heterocycles. The Bertz CT molecular complexity index is 392. The minimum Gasteiger partial charge on any atom is -0.493 e. The molecule has 7 heteroatoms. The van der Waals surface area contributed by atoms with Crippen LogP contribution in [-0.2, 0) is 6.42 Å². The van der Waals surface area contributed by atoms with E-state index in [4.69, 9.17) is 25.7 Å². The number of ether oxygens (including phenoxy) is 3. The Labute approximate surface area is 132 Å². The zero-order chi connectivity index (χ0) is 13.5. The molecule has 0 radical (unpaired) electrons. The number of nitrogens with two attached hydrogens (primary N) is 2. The molecule has 1 aromatic carbocycles. The first-order chi connectivity index (χ1) is 8.67. The second kappa shape index (κ2) is 10.9. The van der Waals surface area contributed by atoms with Gasteiger partial charge in [-0.3, -0.25) is 0 Å². The van der Waals surface area contributed by atoms with Crippen molar-refractivity contribution in [2.24, 2.45) is 11.5 Å². The lowest BCUT2D eigenvalue weighted by molar-refractivity contribution is 0.321. The summed E-state index contributed by atoms with van der Waals surface area (Å²) in [6, 6.07) is 3.81. The quantitative estimate of drug-likeness (QED) is 0.798. The van der Waals surface area contributed by atoms with Gasteiger partial charge >= 0.3 is 0 Å². The molecule has 0 saturated heterocycles. The molecule has 0 aliphatic rings. The average Bonchev–Trinajstić information content (AvgIpc) is 2.38. The van der Waals surface area contributed by atoms with Gasteiger partial charge in [-0.25, -0.2) is 0 Å². The van der Waals surface area contributed by atoms with Crippen LogP contribution in [0.25, 0.3) is 0 Å². The maximum Gasteiger partial charge on any atom is 0.203 e. The lowest BCUT2D eigenvalue weighted by Crippen LogP contribution is -2.26. The largest absolute Gasteiger partial charge is 0.493 e. The van der Waals surface area contributed by atoms with Crippen molar-refractivity contribution in [2.45, 2.75) is 18.9 Å². The van der Waals surface area contributed by atoms with Gasteiger partial charge in [-0.15, -0.1) is 24.8 Å². The molecule has 20 heavy (non-hydrogen) atoms. The fraction of sp³-hybridized carbons (Fsp3) is 0.538. The summed E-state index contributed by atoms with van der Waals surface area (Å²) in [5.41, 5.74) is 12.5. The van der Waals surface area contributed by atoms with E-state index in [0.717, 1.165) is 12.0 Å². The van der Waals surface area contributed by atoms with Gasteiger partial charge in [0, 0.05) is 6.04 Å². The average molecular weight is 327 g/mol. The Hall–Kier alpha value is -0.880. The summed E-state index contributed by atoms with van der Waals surface area (Å²) < 4.78 is 16.0. The van der Waals surface area contributed by atoms with Crippen LogP contribution in [0.3, 0.4) is 0 Å².